The highest BCUT2D eigenvalue weighted by Gasteiger charge is 2.24. The molecule has 0 atom stereocenters. The van der Waals surface area contributed by atoms with E-state index in [0.29, 0.717) is 5.56 Å². The minimum absolute atomic E-state index is 0.268. The predicted octanol–water partition coefficient (Wildman–Crippen LogP) is 2.04. The second-order valence-electron chi connectivity index (χ2n) is 5.68. The number of hydrogen-bond acceptors (Lipinski definition) is 8. The van der Waals surface area contributed by atoms with Gasteiger partial charge >= 0.3 is 5.69 Å². The molecular weight excluding hydrogens is 397 g/mol. The van der Waals surface area contributed by atoms with Crippen LogP contribution in [0.25, 0.3) is 0 Å². The standard InChI is InChI=1S/C18H14FN7O4/c19-13-9-5-4-8-12(13)18(28)25-23-16-14(26(29)30)15(20-10-21-16)22-24-17(27)11-6-2-1-3-7-11/h1-10H,(H,24,27)(H,25,28)(H2,20,21,22,23). The molecule has 0 unspecified atom stereocenters. The van der Waals surface area contributed by atoms with Crippen molar-refractivity contribution in [2.75, 3.05) is 10.9 Å². The third-order valence-electron chi connectivity index (χ3n) is 3.75. The maximum Gasteiger partial charge on any atom is 0.356 e. The number of nitro groups is 1. The highest BCUT2D eigenvalue weighted by Crippen LogP contribution is 2.27. The van der Waals surface area contributed by atoms with E-state index in [-0.39, 0.29) is 17.2 Å². The minimum Gasteiger partial charge on any atom is -0.276 e. The lowest BCUT2D eigenvalue weighted by molar-refractivity contribution is -0.383. The van der Waals surface area contributed by atoms with Crippen molar-refractivity contribution in [3.05, 3.63) is 88.0 Å². The molecule has 30 heavy (non-hydrogen) atoms. The third kappa shape index (κ3) is 4.62. The molecule has 4 N–H and O–H groups in total. The summed E-state index contributed by atoms with van der Waals surface area (Å²) in [4.78, 5) is 42.3. The molecule has 3 aromatic rings. The first-order valence-electron chi connectivity index (χ1n) is 8.39. The minimum atomic E-state index is -0.868. The number of carbonyl (C=O) groups is 2. The second kappa shape index (κ2) is 9.05. The van der Waals surface area contributed by atoms with Gasteiger partial charge in [-0.1, -0.05) is 30.3 Å². The van der Waals surface area contributed by atoms with Crippen LogP contribution in [0.5, 0.6) is 0 Å². The number of halogens is 1. The summed E-state index contributed by atoms with van der Waals surface area (Å²) in [6, 6.07) is 13.4. The van der Waals surface area contributed by atoms with E-state index in [9.17, 15) is 24.1 Å². The van der Waals surface area contributed by atoms with Gasteiger partial charge in [0.1, 0.15) is 12.1 Å². The fraction of sp³-hybridized carbons (Fsp3) is 0. The molecule has 0 spiro atoms. The van der Waals surface area contributed by atoms with Gasteiger partial charge in [0.25, 0.3) is 11.8 Å². The zero-order valence-electron chi connectivity index (χ0n) is 15.1. The maximum atomic E-state index is 13.7. The zero-order valence-corrected chi connectivity index (χ0v) is 15.1. The molecule has 11 nitrogen and oxygen atoms in total. The van der Waals surface area contributed by atoms with Gasteiger partial charge in [0, 0.05) is 5.56 Å². The molecule has 152 valence electrons. The zero-order chi connectivity index (χ0) is 21.5. The van der Waals surface area contributed by atoms with Crippen molar-refractivity contribution in [1.82, 2.24) is 20.8 Å². The lowest BCUT2D eigenvalue weighted by atomic mass is 10.2. The number of hydrogen-bond donors (Lipinski definition) is 4. The fourth-order valence-electron chi connectivity index (χ4n) is 2.34. The van der Waals surface area contributed by atoms with Gasteiger partial charge < -0.3 is 0 Å². The number of nitrogens with one attached hydrogen (secondary N) is 4. The number of carbonyl (C=O) groups excluding carboxylic acids is 2. The Morgan fingerprint density at radius 2 is 1.43 bits per heavy atom. The van der Waals surface area contributed by atoms with E-state index in [1.54, 1.807) is 30.3 Å². The number of nitrogens with zero attached hydrogens (tertiary/aromatic N) is 3. The number of aromatic nitrogens is 2. The van der Waals surface area contributed by atoms with Gasteiger partial charge in [-0.25, -0.2) is 14.4 Å². The van der Waals surface area contributed by atoms with E-state index in [4.69, 9.17) is 0 Å². The molecule has 0 saturated heterocycles. The Bertz CT molecular complexity index is 1090. The highest BCUT2D eigenvalue weighted by molar-refractivity contribution is 5.96. The topological polar surface area (TPSA) is 151 Å². The lowest BCUT2D eigenvalue weighted by Gasteiger charge is -2.11. The molecule has 1 heterocycles. The van der Waals surface area contributed by atoms with Crippen LogP contribution in [0.3, 0.4) is 0 Å². The molecule has 12 heteroatoms. The summed E-state index contributed by atoms with van der Waals surface area (Å²) < 4.78 is 13.7. The predicted molar refractivity (Wildman–Crippen MR) is 104 cm³/mol. The van der Waals surface area contributed by atoms with Gasteiger partial charge in [0.2, 0.25) is 11.6 Å². The van der Waals surface area contributed by atoms with E-state index in [1.807, 2.05) is 0 Å². The highest BCUT2D eigenvalue weighted by atomic mass is 19.1. The summed E-state index contributed by atoms with van der Waals surface area (Å²) in [5.74, 6) is -2.89. The maximum absolute atomic E-state index is 13.7. The first-order valence-corrected chi connectivity index (χ1v) is 8.39. The lowest BCUT2D eigenvalue weighted by Crippen LogP contribution is -2.32. The monoisotopic (exact) mass is 411 g/mol. The van der Waals surface area contributed by atoms with Gasteiger partial charge in [0.05, 0.1) is 10.5 Å². The third-order valence-corrected chi connectivity index (χ3v) is 3.75. The van der Waals surface area contributed by atoms with Crippen LogP contribution in [0.4, 0.5) is 21.7 Å². The van der Waals surface area contributed by atoms with Crippen molar-refractivity contribution in [2.45, 2.75) is 0 Å². The number of hydrazine groups is 2. The summed E-state index contributed by atoms with van der Waals surface area (Å²) in [6.45, 7) is 0. The summed E-state index contributed by atoms with van der Waals surface area (Å²) in [5, 5.41) is 11.5. The van der Waals surface area contributed by atoms with Crippen LogP contribution in [0.1, 0.15) is 20.7 Å². The molecule has 1 aromatic heterocycles. The van der Waals surface area contributed by atoms with Gasteiger partial charge in [-0.05, 0) is 24.3 Å². The average molecular weight is 411 g/mol. The fourth-order valence-corrected chi connectivity index (χ4v) is 2.34. The van der Waals surface area contributed by atoms with Crippen molar-refractivity contribution in [3.8, 4) is 0 Å². The SMILES string of the molecule is O=C(NNc1ncnc(NNC(=O)c2ccccc2F)c1[N+](=O)[O-])c1ccccc1. The van der Waals surface area contributed by atoms with Crippen molar-refractivity contribution in [2.24, 2.45) is 0 Å². The summed E-state index contributed by atoms with van der Waals surface area (Å²) in [7, 11) is 0. The Morgan fingerprint density at radius 1 is 0.867 bits per heavy atom. The molecule has 3 rings (SSSR count). The van der Waals surface area contributed by atoms with Crippen LogP contribution in [-0.2, 0) is 0 Å². The Balaban J connectivity index is 1.74. The van der Waals surface area contributed by atoms with Gasteiger partial charge in [-0.15, -0.1) is 0 Å². The molecule has 0 aliphatic carbocycles. The van der Waals surface area contributed by atoms with Gasteiger partial charge in [-0.2, -0.15) is 0 Å². The molecule has 0 bridgehead atoms. The molecule has 0 radical (unpaired) electrons. The van der Waals surface area contributed by atoms with E-state index in [0.717, 1.165) is 12.4 Å². The Kier molecular flexibility index (Phi) is 6.08. The number of amides is 2. The Hall–Kier alpha value is -4.61. The molecule has 2 amide bonds. The van der Waals surface area contributed by atoms with Crippen LogP contribution < -0.4 is 21.7 Å². The first kappa shape index (κ1) is 20.1. The Morgan fingerprint density at radius 3 is 2.03 bits per heavy atom. The summed E-state index contributed by atoms with van der Waals surface area (Å²) >= 11 is 0. The van der Waals surface area contributed by atoms with Crippen LogP contribution in [0.15, 0.2) is 60.9 Å². The number of benzene rings is 2. The van der Waals surface area contributed by atoms with Crippen molar-refractivity contribution >= 4 is 29.1 Å². The van der Waals surface area contributed by atoms with Gasteiger partial charge in [0.15, 0.2) is 0 Å². The molecule has 0 fully saturated rings. The van der Waals surface area contributed by atoms with Crippen molar-refractivity contribution in [3.63, 3.8) is 0 Å². The molecular formula is C18H14FN7O4. The summed E-state index contributed by atoms with van der Waals surface area (Å²) in [5.41, 5.74) is 8.44. The van der Waals surface area contributed by atoms with Crippen LogP contribution in [-0.4, -0.2) is 26.7 Å². The van der Waals surface area contributed by atoms with E-state index >= 15 is 0 Å². The molecule has 0 aliphatic heterocycles. The van der Waals surface area contributed by atoms with Crippen LogP contribution >= 0.6 is 0 Å². The van der Waals surface area contributed by atoms with Crippen LogP contribution in [0, 0.1) is 15.9 Å². The number of rotatable bonds is 7. The normalized spacial score (nSPS) is 10.0. The van der Waals surface area contributed by atoms with E-state index in [2.05, 4.69) is 31.7 Å². The number of anilines is 2. The largest absolute Gasteiger partial charge is 0.356 e. The molecule has 0 aliphatic rings. The van der Waals surface area contributed by atoms with Crippen molar-refractivity contribution < 1.29 is 18.9 Å². The van der Waals surface area contributed by atoms with Crippen LogP contribution in [0.2, 0.25) is 0 Å². The van der Waals surface area contributed by atoms with Crippen molar-refractivity contribution in [1.29, 1.82) is 0 Å². The van der Waals surface area contributed by atoms with E-state index < -0.39 is 28.2 Å². The smallest absolute Gasteiger partial charge is 0.276 e. The van der Waals surface area contributed by atoms with Gasteiger partial charge in [-0.3, -0.25) is 41.4 Å². The first-order chi connectivity index (χ1) is 14.5. The molecule has 2 aromatic carbocycles. The van der Waals surface area contributed by atoms with E-state index in [1.165, 1.54) is 18.2 Å². The molecule has 0 saturated carbocycles. The summed E-state index contributed by atoms with van der Waals surface area (Å²) in [6.07, 6.45) is 0.974. The second-order valence-corrected chi connectivity index (χ2v) is 5.68. The quantitative estimate of drug-likeness (QED) is 0.341. The average Bonchev–Trinajstić information content (AvgIpc) is 2.76. The Labute approximate surface area is 168 Å².